The Labute approximate surface area is 166 Å². The molecule has 2 rings (SSSR count). The third-order valence-corrected chi connectivity index (χ3v) is 4.78. The van der Waals surface area contributed by atoms with E-state index in [1.165, 1.54) is 36.9 Å². The molecule has 0 bridgehead atoms. The van der Waals surface area contributed by atoms with Crippen molar-refractivity contribution in [3.8, 4) is 5.75 Å². The van der Waals surface area contributed by atoms with Gasteiger partial charge < -0.3 is 4.74 Å². The normalized spacial score (nSPS) is 11.4. The maximum Gasteiger partial charge on any atom is 0.273 e. The zero-order valence-corrected chi connectivity index (χ0v) is 17.4. The van der Waals surface area contributed by atoms with E-state index in [1.54, 1.807) is 0 Å². The first-order chi connectivity index (χ1) is 12.2. The van der Waals surface area contributed by atoms with Gasteiger partial charge in [0, 0.05) is 24.0 Å². The molecule has 0 fully saturated rings. The van der Waals surface area contributed by atoms with Crippen molar-refractivity contribution in [2.24, 2.45) is 0 Å². The van der Waals surface area contributed by atoms with Crippen LogP contribution >= 0.6 is 31.9 Å². The molecule has 140 valence electrons. The number of hydrogen-bond donors (Lipinski definition) is 0. The van der Waals surface area contributed by atoms with Crippen LogP contribution in [0.1, 0.15) is 5.56 Å². The molecule has 0 radical (unpaired) electrons. The maximum absolute atomic E-state index is 12.3. The van der Waals surface area contributed by atoms with E-state index in [0.29, 0.717) is 5.56 Å². The Morgan fingerprint density at radius 1 is 1.31 bits per heavy atom. The van der Waals surface area contributed by atoms with Crippen LogP contribution in [0.3, 0.4) is 0 Å². The maximum atomic E-state index is 12.3. The van der Waals surface area contributed by atoms with Gasteiger partial charge >= 0.3 is 0 Å². The standard InChI is InChI=1S/C14H14Br2N4O5S/c1-26(23,24)19(7-10-5-17-9-18-6-10)12-3-2-11(20(21)22)4-13(12)25-8-14(15)16/h2-6,9,14H,7-8H2,1H3. The van der Waals surface area contributed by atoms with Crippen molar-refractivity contribution in [1.29, 1.82) is 0 Å². The summed E-state index contributed by atoms with van der Waals surface area (Å²) in [5.74, 6) is 0.0744. The first kappa shape index (κ1) is 20.5. The molecule has 26 heavy (non-hydrogen) atoms. The Hall–Kier alpha value is -1.79. The van der Waals surface area contributed by atoms with E-state index in [4.69, 9.17) is 4.74 Å². The van der Waals surface area contributed by atoms with E-state index in [9.17, 15) is 18.5 Å². The van der Waals surface area contributed by atoms with Crippen LogP contribution in [0.5, 0.6) is 5.75 Å². The van der Waals surface area contributed by atoms with Gasteiger partial charge in [-0.25, -0.2) is 18.4 Å². The second kappa shape index (κ2) is 8.73. The average molecular weight is 510 g/mol. The van der Waals surface area contributed by atoms with Crippen molar-refractivity contribution in [3.63, 3.8) is 0 Å². The molecule has 2 aromatic rings. The lowest BCUT2D eigenvalue weighted by Crippen LogP contribution is -2.30. The third-order valence-electron chi connectivity index (χ3n) is 3.13. The molecule has 12 heteroatoms. The number of rotatable bonds is 8. The lowest BCUT2D eigenvalue weighted by Gasteiger charge is -2.24. The predicted octanol–water partition coefficient (Wildman–Crippen LogP) is 2.85. The number of nitro groups is 1. The monoisotopic (exact) mass is 508 g/mol. The zero-order valence-electron chi connectivity index (χ0n) is 13.4. The highest BCUT2D eigenvalue weighted by Crippen LogP contribution is 2.35. The van der Waals surface area contributed by atoms with E-state index < -0.39 is 14.9 Å². The minimum atomic E-state index is -3.71. The number of benzene rings is 1. The third kappa shape index (κ3) is 5.61. The van der Waals surface area contributed by atoms with Crippen LogP contribution in [0, 0.1) is 10.1 Å². The molecule has 0 amide bonds. The Kier molecular flexibility index (Phi) is 6.89. The fourth-order valence-electron chi connectivity index (χ4n) is 2.05. The van der Waals surface area contributed by atoms with E-state index in [0.717, 1.165) is 10.6 Å². The SMILES string of the molecule is CS(=O)(=O)N(Cc1cncnc1)c1ccc([N+](=O)[O-])cc1OCC(Br)Br. The number of sulfonamides is 1. The van der Waals surface area contributed by atoms with Gasteiger partial charge in [-0.15, -0.1) is 0 Å². The summed E-state index contributed by atoms with van der Waals surface area (Å²) < 4.78 is 31.1. The zero-order chi connectivity index (χ0) is 19.3. The van der Waals surface area contributed by atoms with E-state index in [2.05, 4.69) is 41.8 Å². The summed E-state index contributed by atoms with van der Waals surface area (Å²) in [6.07, 6.45) is 5.36. The van der Waals surface area contributed by atoms with Gasteiger partial charge in [0.1, 0.15) is 16.7 Å². The Morgan fingerprint density at radius 3 is 2.50 bits per heavy atom. The van der Waals surface area contributed by atoms with Gasteiger partial charge in [0.15, 0.2) is 5.75 Å². The van der Waals surface area contributed by atoms with Crippen molar-refractivity contribution in [1.82, 2.24) is 9.97 Å². The summed E-state index contributed by atoms with van der Waals surface area (Å²) >= 11 is 6.49. The number of nitro benzene ring substituents is 1. The molecule has 0 aliphatic carbocycles. The van der Waals surface area contributed by atoms with Crippen molar-refractivity contribution in [3.05, 3.63) is 52.6 Å². The first-order valence-electron chi connectivity index (χ1n) is 7.09. The van der Waals surface area contributed by atoms with E-state index in [1.807, 2.05) is 0 Å². The molecule has 0 saturated heterocycles. The molecule has 0 atom stereocenters. The number of non-ortho nitro benzene ring substituents is 1. The molecule has 0 aliphatic rings. The number of alkyl halides is 2. The summed E-state index contributed by atoms with van der Waals surface area (Å²) in [7, 11) is -3.71. The van der Waals surface area contributed by atoms with Crippen molar-refractivity contribution < 1.29 is 18.1 Å². The van der Waals surface area contributed by atoms with Crippen molar-refractivity contribution in [2.45, 2.75) is 10.3 Å². The average Bonchev–Trinajstić information content (AvgIpc) is 2.57. The highest BCUT2D eigenvalue weighted by molar-refractivity contribution is 9.24. The molecule has 0 unspecified atom stereocenters. The molecular weight excluding hydrogens is 496 g/mol. The van der Waals surface area contributed by atoms with Crippen LogP contribution in [-0.4, -0.2) is 39.9 Å². The lowest BCUT2D eigenvalue weighted by atomic mass is 10.2. The van der Waals surface area contributed by atoms with Crippen LogP contribution in [-0.2, 0) is 16.6 Å². The summed E-state index contributed by atoms with van der Waals surface area (Å²) in [4.78, 5) is 18.2. The van der Waals surface area contributed by atoms with E-state index in [-0.39, 0.29) is 34.0 Å². The molecule has 1 aromatic carbocycles. The summed E-state index contributed by atoms with van der Waals surface area (Å²) in [5.41, 5.74) is 0.532. The highest BCUT2D eigenvalue weighted by atomic mass is 79.9. The highest BCUT2D eigenvalue weighted by Gasteiger charge is 2.24. The number of hydrogen-bond acceptors (Lipinski definition) is 7. The molecule has 9 nitrogen and oxygen atoms in total. The van der Waals surface area contributed by atoms with Gasteiger partial charge in [-0.1, -0.05) is 31.9 Å². The summed E-state index contributed by atoms with van der Waals surface area (Å²) in [6.45, 7) is 0.0834. The summed E-state index contributed by atoms with van der Waals surface area (Å²) in [6, 6.07) is 3.76. The van der Waals surface area contributed by atoms with Crippen molar-refractivity contribution >= 4 is 53.3 Å². The second-order valence-electron chi connectivity index (χ2n) is 5.13. The number of anilines is 1. The Morgan fingerprint density at radius 2 is 1.96 bits per heavy atom. The quantitative estimate of drug-likeness (QED) is 0.305. The lowest BCUT2D eigenvalue weighted by molar-refractivity contribution is -0.384. The van der Waals surface area contributed by atoms with Crippen LogP contribution in [0.4, 0.5) is 11.4 Å². The largest absolute Gasteiger partial charge is 0.489 e. The molecule has 0 saturated carbocycles. The number of halogens is 2. The number of aromatic nitrogens is 2. The van der Waals surface area contributed by atoms with Gasteiger partial charge in [-0.3, -0.25) is 14.4 Å². The molecule has 1 heterocycles. The van der Waals surface area contributed by atoms with Gasteiger partial charge in [-0.05, 0) is 6.07 Å². The van der Waals surface area contributed by atoms with Gasteiger partial charge in [-0.2, -0.15) is 0 Å². The fraction of sp³-hybridized carbons (Fsp3) is 0.286. The van der Waals surface area contributed by atoms with Crippen LogP contribution in [0.2, 0.25) is 0 Å². The molecule has 0 aliphatic heterocycles. The molecule has 1 aromatic heterocycles. The molecular formula is C14H14Br2N4O5S. The topological polar surface area (TPSA) is 116 Å². The Bertz CT molecular complexity index is 880. The smallest absolute Gasteiger partial charge is 0.273 e. The van der Waals surface area contributed by atoms with Gasteiger partial charge in [0.2, 0.25) is 10.0 Å². The fourth-order valence-corrected chi connectivity index (χ4v) is 3.21. The van der Waals surface area contributed by atoms with Crippen LogP contribution in [0.15, 0.2) is 36.9 Å². The van der Waals surface area contributed by atoms with E-state index >= 15 is 0 Å². The van der Waals surface area contributed by atoms with Gasteiger partial charge in [0.25, 0.3) is 5.69 Å². The molecule has 0 spiro atoms. The van der Waals surface area contributed by atoms with Crippen molar-refractivity contribution in [2.75, 3.05) is 17.2 Å². The number of ether oxygens (including phenoxy) is 1. The number of nitrogens with zero attached hydrogens (tertiary/aromatic N) is 4. The molecule has 0 N–H and O–H groups in total. The first-order valence-corrected chi connectivity index (χ1v) is 10.8. The van der Waals surface area contributed by atoms with Crippen LogP contribution in [0.25, 0.3) is 0 Å². The minimum absolute atomic E-state index is 0.0418. The Balaban J connectivity index is 2.50. The minimum Gasteiger partial charge on any atom is -0.489 e. The van der Waals surface area contributed by atoms with Crippen LogP contribution < -0.4 is 9.04 Å². The second-order valence-corrected chi connectivity index (χ2v) is 10.5. The predicted molar refractivity (Wildman–Crippen MR) is 103 cm³/mol. The summed E-state index contributed by atoms with van der Waals surface area (Å²) in [5, 5.41) is 11.0. The van der Waals surface area contributed by atoms with Gasteiger partial charge in [0.05, 0.1) is 29.5 Å².